The Morgan fingerprint density at radius 1 is 1.26 bits per heavy atom. The number of rotatable bonds is 6. The van der Waals surface area contributed by atoms with Crippen LogP contribution in [0.3, 0.4) is 0 Å². The molecule has 0 heterocycles. The van der Waals surface area contributed by atoms with Crippen LogP contribution >= 0.6 is 0 Å². The first kappa shape index (κ1) is 16.1. The molecule has 1 aliphatic rings. The van der Waals surface area contributed by atoms with Crippen LogP contribution in [0, 0.1) is 0 Å². The maximum absolute atomic E-state index is 6.27. The molecule has 0 N–H and O–H groups in total. The van der Waals surface area contributed by atoms with Gasteiger partial charge in [0, 0.05) is 0 Å². The SMILES string of the molecule is C=CC(C)O[Si](C)(C)C1(C)C(OC)=CCC=C1OC. The zero-order valence-electron chi connectivity index (χ0n) is 12.9. The van der Waals surface area contributed by atoms with Crippen molar-refractivity contribution in [2.75, 3.05) is 14.2 Å². The predicted octanol–water partition coefficient (Wildman–Crippen LogP) is 4.01. The van der Waals surface area contributed by atoms with E-state index >= 15 is 0 Å². The Balaban J connectivity index is 3.21. The minimum Gasteiger partial charge on any atom is -0.501 e. The van der Waals surface area contributed by atoms with Crippen LogP contribution < -0.4 is 0 Å². The molecule has 0 aromatic heterocycles. The minimum absolute atomic E-state index is 0.0247. The molecule has 0 fully saturated rings. The molecule has 1 atom stereocenters. The van der Waals surface area contributed by atoms with E-state index in [4.69, 9.17) is 13.9 Å². The number of hydrogen-bond acceptors (Lipinski definition) is 3. The Kier molecular flexibility index (Phi) is 5.04. The zero-order chi connectivity index (χ0) is 14.7. The molecule has 1 aliphatic carbocycles. The van der Waals surface area contributed by atoms with Crippen LogP contribution in [0.15, 0.2) is 36.3 Å². The Bertz CT molecular complexity index is 376. The lowest BCUT2D eigenvalue weighted by Gasteiger charge is -2.45. The molecule has 4 heteroatoms. The van der Waals surface area contributed by atoms with Gasteiger partial charge in [-0.15, -0.1) is 6.58 Å². The molecule has 0 aliphatic heterocycles. The molecule has 19 heavy (non-hydrogen) atoms. The van der Waals surface area contributed by atoms with E-state index in [9.17, 15) is 0 Å². The second-order valence-electron chi connectivity index (χ2n) is 5.47. The Morgan fingerprint density at radius 3 is 2.11 bits per heavy atom. The zero-order valence-corrected chi connectivity index (χ0v) is 13.9. The smallest absolute Gasteiger partial charge is 0.208 e. The molecular formula is C15H26O3Si. The van der Waals surface area contributed by atoms with Gasteiger partial charge in [0.2, 0.25) is 8.32 Å². The van der Waals surface area contributed by atoms with Gasteiger partial charge in [-0.05, 0) is 45.5 Å². The molecule has 0 saturated carbocycles. The normalized spacial score (nSPS) is 20.1. The van der Waals surface area contributed by atoms with Crippen molar-refractivity contribution in [3.05, 3.63) is 36.3 Å². The summed E-state index contributed by atoms with van der Waals surface area (Å²) in [5.41, 5.74) is 0. The van der Waals surface area contributed by atoms with Gasteiger partial charge in [0.25, 0.3) is 0 Å². The van der Waals surface area contributed by atoms with Crippen LogP contribution in [0.2, 0.25) is 18.1 Å². The van der Waals surface area contributed by atoms with Crippen LogP contribution in [-0.2, 0) is 13.9 Å². The average Bonchev–Trinajstić information content (AvgIpc) is 2.38. The number of hydrogen-bond donors (Lipinski definition) is 0. The molecule has 0 saturated heterocycles. The summed E-state index contributed by atoms with van der Waals surface area (Å²) in [5.74, 6) is 1.89. The van der Waals surface area contributed by atoms with Gasteiger partial charge in [0.15, 0.2) is 0 Å². The fourth-order valence-corrected chi connectivity index (χ4v) is 5.46. The van der Waals surface area contributed by atoms with Gasteiger partial charge in [-0.25, -0.2) is 0 Å². The molecule has 0 aromatic rings. The number of methoxy groups -OCH3 is 2. The molecule has 0 amide bonds. The largest absolute Gasteiger partial charge is 0.501 e. The molecule has 0 spiro atoms. The summed E-state index contributed by atoms with van der Waals surface area (Å²) in [4.78, 5) is 0. The van der Waals surface area contributed by atoms with Crippen molar-refractivity contribution in [2.45, 2.75) is 44.5 Å². The first-order valence-corrected chi connectivity index (χ1v) is 9.54. The van der Waals surface area contributed by atoms with E-state index in [2.05, 4.69) is 38.7 Å². The van der Waals surface area contributed by atoms with Crippen molar-refractivity contribution in [3.8, 4) is 0 Å². The summed E-state index contributed by atoms with van der Waals surface area (Å²) in [7, 11) is 1.29. The van der Waals surface area contributed by atoms with Gasteiger partial charge in [-0.1, -0.05) is 6.08 Å². The molecule has 0 radical (unpaired) electrons. The molecule has 108 valence electrons. The Hall–Kier alpha value is -1.00. The van der Waals surface area contributed by atoms with Crippen molar-refractivity contribution in [3.63, 3.8) is 0 Å². The fourth-order valence-electron chi connectivity index (χ4n) is 2.60. The van der Waals surface area contributed by atoms with E-state index in [-0.39, 0.29) is 11.1 Å². The molecule has 1 unspecified atom stereocenters. The third-order valence-corrected chi connectivity index (χ3v) is 7.91. The van der Waals surface area contributed by atoms with E-state index in [1.807, 2.05) is 13.0 Å². The summed E-state index contributed by atoms with van der Waals surface area (Å²) in [6.07, 6.45) is 6.91. The van der Waals surface area contributed by atoms with Gasteiger partial charge in [0.1, 0.15) is 11.5 Å². The number of ether oxygens (including phenoxy) is 2. The summed E-state index contributed by atoms with van der Waals surface area (Å²) < 4.78 is 17.5. The lowest BCUT2D eigenvalue weighted by molar-refractivity contribution is 0.172. The van der Waals surface area contributed by atoms with E-state index < -0.39 is 8.32 Å². The molecular weight excluding hydrogens is 256 g/mol. The Labute approximate surface area is 118 Å². The van der Waals surface area contributed by atoms with Crippen LogP contribution in [0.1, 0.15) is 20.3 Å². The van der Waals surface area contributed by atoms with E-state index in [1.54, 1.807) is 14.2 Å². The van der Waals surface area contributed by atoms with Crippen molar-refractivity contribution in [1.29, 1.82) is 0 Å². The maximum atomic E-state index is 6.27. The van der Waals surface area contributed by atoms with Gasteiger partial charge in [-0.2, -0.15) is 0 Å². The minimum atomic E-state index is -2.14. The average molecular weight is 282 g/mol. The lowest BCUT2D eigenvalue weighted by Crippen LogP contribution is -2.49. The van der Waals surface area contributed by atoms with Crippen molar-refractivity contribution >= 4 is 8.32 Å². The second kappa shape index (κ2) is 5.97. The fraction of sp³-hybridized carbons (Fsp3) is 0.600. The van der Waals surface area contributed by atoms with Crippen molar-refractivity contribution in [1.82, 2.24) is 0 Å². The third kappa shape index (κ3) is 2.79. The van der Waals surface area contributed by atoms with E-state index in [0.717, 1.165) is 17.9 Å². The first-order chi connectivity index (χ1) is 8.83. The monoisotopic (exact) mass is 282 g/mol. The summed E-state index contributed by atoms with van der Waals surface area (Å²) in [6, 6.07) is 0. The van der Waals surface area contributed by atoms with Crippen LogP contribution in [0.5, 0.6) is 0 Å². The van der Waals surface area contributed by atoms with Gasteiger partial charge >= 0.3 is 0 Å². The highest BCUT2D eigenvalue weighted by molar-refractivity contribution is 6.75. The summed E-state index contributed by atoms with van der Waals surface area (Å²) >= 11 is 0. The van der Waals surface area contributed by atoms with Crippen LogP contribution in [-0.4, -0.2) is 28.6 Å². The Morgan fingerprint density at radius 2 is 1.74 bits per heavy atom. The van der Waals surface area contributed by atoms with Crippen LogP contribution in [0.25, 0.3) is 0 Å². The first-order valence-electron chi connectivity index (χ1n) is 6.63. The van der Waals surface area contributed by atoms with Gasteiger partial charge in [-0.3, -0.25) is 0 Å². The summed E-state index contributed by atoms with van der Waals surface area (Å²) in [6.45, 7) is 12.3. The van der Waals surface area contributed by atoms with Crippen molar-refractivity contribution < 1.29 is 13.9 Å². The quantitative estimate of drug-likeness (QED) is 0.544. The molecule has 0 bridgehead atoms. The lowest BCUT2D eigenvalue weighted by atomic mass is 9.99. The van der Waals surface area contributed by atoms with Crippen LogP contribution in [0.4, 0.5) is 0 Å². The molecule has 1 rings (SSSR count). The van der Waals surface area contributed by atoms with Gasteiger partial charge in [0.05, 0.1) is 25.4 Å². The highest BCUT2D eigenvalue weighted by Gasteiger charge is 2.53. The second-order valence-corrected chi connectivity index (χ2v) is 9.73. The highest BCUT2D eigenvalue weighted by atomic mass is 28.4. The predicted molar refractivity (Wildman–Crippen MR) is 81.4 cm³/mol. The van der Waals surface area contributed by atoms with Gasteiger partial charge < -0.3 is 13.9 Å². The summed E-state index contributed by atoms with van der Waals surface area (Å²) in [5, 5.41) is -0.313. The maximum Gasteiger partial charge on any atom is 0.208 e. The third-order valence-electron chi connectivity index (χ3n) is 4.05. The molecule has 3 nitrogen and oxygen atoms in total. The topological polar surface area (TPSA) is 27.7 Å². The highest BCUT2D eigenvalue weighted by Crippen LogP contribution is 2.54. The molecule has 0 aromatic carbocycles. The van der Waals surface area contributed by atoms with E-state index in [1.165, 1.54) is 0 Å². The standard InChI is InChI=1S/C15H26O3Si/c1-8-12(2)18-19(6,7)15(3)13(16-4)10-9-11-14(15)17-5/h8,10-12H,1,9H2,2-7H3. The van der Waals surface area contributed by atoms with E-state index in [0.29, 0.717) is 0 Å². The number of allylic oxidation sites excluding steroid dienone is 2. The van der Waals surface area contributed by atoms with Crippen molar-refractivity contribution in [2.24, 2.45) is 0 Å².